The van der Waals surface area contributed by atoms with Crippen molar-refractivity contribution < 1.29 is 4.79 Å². The van der Waals surface area contributed by atoms with E-state index >= 15 is 0 Å². The van der Waals surface area contributed by atoms with E-state index < -0.39 is 0 Å². The highest BCUT2D eigenvalue weighted by Crippen LogP contribution is 2.22. The first-order valence-corrected chi connectivity index (χ1v) is 5.38. The number of nitrogens with zero attached hydrogens (tertiary/aromatic N) is 3. The first-order valence-electron chi connectivity index (χ1n) is 5.38. The molecule has 86 valence electrons. The Labute approximate surface area is 99.6 Å². The second-order valence-electron chi connectivity index (χ2n) is 3.87. The molecule has 0 spiro atoms. The van der Waals surface area contributed by atoms with Crippen molar-refractivity contribution in [2.45, 2.75) is 20.4 Å². The molecule has 0 unspecified atom stereocenters. The summed E-state index contributed by atoms with van der Waals surface area (Å²) in [6.07, 6.45) is 1.56. The van der Waals surface area contributed by atoms with Gasteiger partial charge >= 0.3 is 0 Å². The summed E-state index contributed by atoms with van der Waals surface area (Å²) in [5, 5.41) is 4.37. The second kappa shape index (κ2) is 4.76. The van der Waals surface area contributed by atoms with Crippen LogP contribution < -0.4 is 0 Å². The number of isocyanates is 1. The lowest BCUT2D eigenvalue weighted by molar-refractivity contribution is 0.565. The van der Waals surface area contributed by atoms with Crippen LogP contribution in [0.25, 0.3) is 0 Å². The van der Waals surface area contributed by atoms with Gasteiger partial charge in [-0.1, -0.05) is 30.3 Å². The highest BCUT2D eigenvalue weighted by Gasteiger charge is 2.10. The Morgan fingerprint density at radius 3 is 2.65 bits per heavy atom. The number of hydrogen-bond acceptors (Lipinski definition) is 3. The third kappa shape index (κ3) is 2.32. The molecule has 0 aliphatic carbocycles. The third-order valence-electron chi connectivity index (χ3n) is 2.68. The van der Waals surface area contributed by atoms with Crippen molar-refractivity contribution in [3.8, 4) is 0 Å². The minimum atomic E-state index is 0.621. The summed E-state index contributed by atoms with van der Waals surface area (Å²) < 4.78 is 1.85. The smallest absolute Gasteiger partial charge is 0.240 e. The summed E-state index contributed by atoms with van der Waals surface area (Å²) in [4.78, 5) is 14.0. The standard InChI is InChI=1S/C13H13N3O/c1-10-13(14-9-17)11(2)16(15-10)8-12-6-4-3-5-7-12/h3-7H,8H2,1-2H3. The molecule has 4 heteroatoms. The fraction of sp³-hybridized carbons (Fsp3) is 0.231. The summed E-state index contributed by atoms with van der Waals surface area (Å²) >= 11 is 0. The molecule has 0 saturated carbocycles. The van der Waals surface area contributed by atoms with Crippen molar-refractivity contribution in [1.82, 2.24) is 9.78 Å². The largest absolute Gasteiger partial charge is 0.263 e. The average Bonchev–Trinajstić information content (AvgIpc) is 2.59. The van der Waals surface area contributed by atoms with Gasteiger partial charge in [0.2, 0.25) is 6.08 Å². The van der Waals surface area contributed by atoms with E-state index in [4.69, 9.17) is 0 Å². The predicted octanol–water partition coefficient (Wildman–Crippen LogP) is 2.52. The summed E-state index contributed by atoms with van der Waals surface area (Å²) in [6, 6.07) is 10.0. The lowest BCUT2D eigenvalue weighted by Crippen LogP contribution is -2.03. The summed E-state index contributed by atoms with van der Waals surface area (Å²) in [5.41, 5.74) is 3.42. The highest BCUT2D eigenvalue weighted by atomic mass is 16.1. The van der Waals surface area contributed by atoms with Gasteiger partial charge in [-0.15, -0.1) is 0 Å². The monoisotopic (exact) mass is 227 g/mol. The van der Waals surface area contributed by atoms with Gasteiger partial charge < -0.3 is 0 Å². The minimum absolute atomic E-state index is 0.621. The lowest BCUT2D eigenvalue weighted by atomic mass is 10.2. The van der Waals surface area contributed by atoms with Crippen molar-refractivity contribution in [2.24, 2.45) is 4.99 Å². The zero-order chi connectivity index (χ0) is 12.3. The van der Waals surface area contributed by atoms with E-state index in [-0.39, 0.29) is 0 Å². The molecule has 1 aromatic heterocycles. The minimum Gasteiger partial charge on any atom is -0.263 e. The van der Waals surface area contributed by atoms with E-state index in [1.54, 1.807) is 6.08 Å². The van der Waals surface area contributed by atoms with Crippen LogP contribution in [0.15, 0.2) is 35.3 Å². The van der Waals surface area contributed by atoms with Crippen LogP contribution in [0.5, 0.6) is 0 Å². The van der Waals surface area contributed by atoms with Gasteiger partial charge in [0, 0.05) is 0 Å². The molecule has 1 aromatic carbocycles. The highest BCUT2D eigenvalue weighted by molar-refractivity contribution is 5.54. The SMILES string of the molecule is Cc1nn(Cc2ccccc2)c(C)c1N=C=O. The predicted molar refractivity (Wildman–Crippen MR) is 65.0 cm³/mol. The molecule has 0 saturated heterocycles. The molecule has 0 radical (unpaired) electrons. The Bertz CT molecular complexity index is 566. The van der Waals surface area contributed by atoms with Crippen LogP contribution in [-0.2, 0) is 11.3 Å². The van der Waals surface area contributed by atoms with E-state index in [0.29, 0.717) is 12.2 Å². The number of aryl methyl sites for hydroxylation is 1. The van der Waals surface area contributed by atoms with Crippen LogP contribution >= 0.6 is 0 Å². The van der Waals surface area contributed by atoms with Gasteiger partial charge in [-0.25, -0.2) is 4.79 Å². The molecular weight excluding hydrogens is 214 g/mol. The van der Waals surface area contributed by atoms with E-state index in [1.165, 1.54) is 5.56 Å². The Kier molecular flexibility index (Phi) is 3.17. The van der Waals surface area contributed by atoms with Crippen molar-refractivity contribution >= 4 is 11.8 Å². The van der Waals surface area contributed by atoms with E-state index in [2.05, 4.69) is 10.1 Å². The van der Waals surface area contributed by atoms with Crippen LogP contribution in [0.1, 0.15) is 17.0 Å². The Morgan fingerprint density at radius 1 is 1.29 bits per heavy atom. The Balaban J connectivity index is 2.35. The van der Waals surface area contributed by atoms with E-state index in [1.807, 2.05) is 48.9 Å². The van der Waals surface area contributed by atoms with Gasteiger partial charge in [0.05, 0.1) is 17.9 Å². The Morgan fingerprint density at radius 2 is 2.00 bits per heavy atom. The molecule has 0 atom stereocenters. The molecule has 4 nitrogen and oxygen atoms in total. The van der Waals surface area contributed by atoms with Crippen LogP contribution in [0, 0.1) is 13.8 Å². The van der Waals surface area contributed by atoms with Gasteiger partial charge in [0.15, 0.2) is 0 Å². The molecule has 2 rings (SSSR count). The zero-order valence-electron chi connectivity index (χ0n) is 9.84. The van der Waals surface area contributed by atoms with E-state index in [9.17, 15) is 4.79 Å². The van der Waals surface area contributed by atoms with Crippen molar-refractivity contribution in [3.05, 3.63) is 47.3 Å². The third-order valence-corrected chi connectivity index (χ3v) is 2.68. The van der Waals surface area contributed by atoms with E-state index in [0.717, 1.165) is 11.4 Å². The number of aliphatic imine (C=N–C) groups is 1. The maximum absolute atomic E-state index is 10.3. The van der Waals surface area contributed by atoms with Crippen molar-refractivity contribution in [1.29, 1.82) is 0 Å². The number of rotatable bonds is 3. The number of aromatic nitrogens is 2. The van der Waals surface area contributed by atoms with Crippen LogP contribution in [0.4, 0.5) is 5.69 Å². The van der Waals surface area contributed by atoms with Crippen molar-refractivity contribution in [3.63, 3.8) is 0 Å². The van der Waals surface area contributed by atoms with Gasteiger partial charge in [0.1, 0.15) is 5.69 Å². The van der Waals surface area contributed by atoms with Gasteiger partial charge in [-0.3, -0.25) is 4.68 Å². The summed E-state index contributed by atoms with van der Waals surface area (Å²) in [5.74, 6) is 0. The molecule has 2 aromatic rings. The second-order valence-corrected chi connectivity index (χ2v) is 3.87. The average molecular weight is 227 g/mol. The molecule has 17 heavy (non-hydrogen) atoms. The van der Waals surface area contributed by atoms with Gasteiger partial charge in [0.25, 0.3) is 0 Å². The van der Waals surface area contributed by atoms with Gasteiger partial charge in [-0.2, -0.15) is 10.1 Å². The van der Waals surface area contributed by atoms with Gasteiger partial charge in [-0.05, 0) is 19.4 Å². The quantitative estimate of drug-likeness (QED) is 0.597. The lowest BCUT2D eigenvalue weighted by Gasteiger charge is -2.03. The molecule has 0 amide bonds. The molecule has 0 aliphatic rings. The van der Waals surface area contributed by atoms with Crippen LogP contribution in [-0.4, -0.2) is 15.9 Å². The maximum Gasteiger partial charge on any atom is 0.240 e. The molecule has 0 aliphatic heterocycles. The molecule has 0 fully saturated rings. The molecular formula is C13H13N3O. The fourth-order valence-electron chi connectivity index (χ4n) is 1.81. The maximum atomic E-state index is 10.3. The molecule has 0 N–H and O–H groups in total. The van der Waals surface area contributed by atoms with Crippen molar-refractivity contribution in [2.75, 3.05) is 0 Å². The zero-order valence-corrected chi connectivity index (χ0v) is 9.84. The number of carbonyl (C=O) groups excluding carboxylic acids is 1. The first-order chi connectivity index (χ1) is 8.22. The van der Waals surface area contributed by atoms with Crippen LogP contribution in [0.2, 0.25) is 0 Å². The summed E-state index contributed by atoms with van der Waals surface area (Å²) in [6.45, 7) is 4.42. The number of benzene rings is 1. The molecule has 1 heterocycles. The summed E-state index contributed by atoms with van der Waals surface area (Å²) in [7, 11) is 0. The first kappa shape index (κ1) is 11.3. The number of hydrogen-bond donors (Lipinski definition) is 0. The van der Waals surface area contributed by atoms with Crippen LogP contribution in [0.3, 0.4) is 0 Å². The Hall–Kier alpha value is -2.19. The topological polar surface area (TPSA) is 47.2 Å². The molecule has 0 bridgehead atoms. The fourth-order valence-corrected chi connectivity index (χ4v) is 1.81. The normalized spacial score (nSPS) is 10.0.